The first-order valence-corrected chi connectivity index (χ1v) is 8.26. The van der Waals surface area contributed by atoms with E-state index < -0.39 is 0 Å². The highest BCUT2D eigenvalue weighted by molar-refractivity contribution is 5.49. The van der Waals surface area contributed by atoms with Crippen molar-refractivity contribution in [1.29, 1.82) is 0 Å². The van der Waals surface area contributed by atoms with E-state index >= 15 is 0 Å². The van der Waals surface area contributed by atoms with Crippen LogP contribution in [0.25, 0.3) is 0 Å². The highest BCUT2D eigenvalue weighted by Gasteiger charge is 2.13. The maximum atomic E-state index is 14.0. The van der Waals surface area contributed by atoms with Crippen molar-refractivity contribution in [3.63, 3.8) is 0 Å². The number of piperazine rings is 1. The zero-order valence-corrected chi connectivity index (χ0v) is 14.1. The van der Waals surface area contributed by atoms with E-state index in [2.05, 4.69) is 29.3 Å². The van der Waals surface area contributed by atoms with Crippen LogP contribution in [0, 0.1) is 5.82 Å². The summed E-state index contributed by atoms with van der Waals surface area (Å²) in [6, 6.07) is 5.42. The Balaban J connectivity index is 1.91. The summed E-state index contributed by atoms with van der Waals surface area (Å²) in [6.45, 7) is 8.02. The van der Waals surface area contributed by atoms with Gasteiger partial charge in [0.05, 0.1) is 5.69 Å². The standard InChI is InChI=1S/C17H29FN4/c1-4-5-8-21(3)17-13-15(6-7-16(17)18)14-19-22-11-9-20(2)10-12-22/h6-7,13,19H,4-5,8-12,14H2,1-3H3. The maximum absolute atomic E-state index is 14.0. The van der Waals surface area contributed by atoms with Crippen LogP contribution in [-0.4, -0.2) is 56.7 Å². The lowest BCUT2D eigenvalue weighted by molar-refractivity contribution is 0.102. The molecule has 5 heteroatoms. The molecule has 2 rings (SSSR count). The van der Waals surface area contributed by atoms with Gasteiger partial charge in [-0.25, -0.2) is 9.40 Å². The molecule has 0 aromatic heterocycles. The van der Waals surface area contributed by atoms with E-state index in [9.17, 15) is 4.39 Å². The summed E-state index contributed by atoms with van der Waals surface area (Å²) in [5.74, 6) is -0.137. The highest BCUT2D eigenvalue weighted by atomic mass is 19.1. The predicted molar refractivity (Wildman–Crippen MR) is 90.5 cm³/mol. The molecule has 1 fully saturated rings. The fraction of sp³-hybridized carbons (Fsp3) is 0.647. The molecule has 0 spiro atoms. The largest absolute Gasteiger partial charge is 0.372 e. The molecule has 0 radical (unpaired) electrons. The summed E-state index contributed by atoms with van der Waals surface area (Å²) >= 11 is 0. The van der Waals surface area contributed by atoms with E-state index in [-0.39, 0.29) is 5.82 Å². The molecule has 4 nitrogen and oxygen atoms in total. The van der Waals surface area contributed by atoms with Crippen LogP contribution in [0.15, 0.2) is 18.2 Å². The lowest BCUT2D eigenvalue weighted by atomic mass is 10.1. The summed E-state index contributed by atoms with van der Waals surface area (Å²) in [4.78, 5) is 4.34. The number of hydrogen-bond donors (Lipinski definition) is 1. The zero-order valence-electron chi connectivity index (χ0n) is 14.1. The van der Waals surface area contributed by atoms with Gasteiger partial charge in [-0.15, -0.1) is 0 Å². The number of likely N-dealkylation sites (N-methyl/N-ethyl adjacent to an activating group) is 1. The normalized spacial score (nSPS) is 16.9. The topological polar surface area (TPSA) is 21.8 Å². The van der Waals surface area contributed by atoms with Crippen LogP contribution in [0.2, 0.25) is 0 Å². The Hall–Kier alpha value is -1.17. The average Bonchev–Trinajstić information content (AvgIpc) is 2.53. The van der Waals surface area contributed by atoms with Crippen molar-refractivity contribution < 1.29 is 4.39 Å². The summed E-state index contributed by atoms with van der Waals surface area (Å²) in [6.07, 6.45) is 2.20. The van der Waals surface area contributed by atoms with Crippen LogP contribution in [-0.2, 0) is 6.54 Å². The van der Waals surface area contributed by atoms with Crippen molar-refractivity contribution in [3.8, 4) is 0 Å². The lowest BCUT2D eigenvalue weighted by Gasteiger charge is -2.32. The van der Waals surface area contributed by atoms with Crippen molar-refractivity contribution in [2.45, 2.75) is 26.3 Å². The SMILES string of the molecule is CCCCN(C)c1cc(CNN2CCN(C)CC2)ccc1F. The minimum Gasteiger partial charge on any atom is -0.372 e. The summed E-state index contributed by atoms with van der Waals surface area (Å²) in [5.41, 5.74) is 5.28. The first kappa shape index (κ1) is 17.2. The molecule has 0 aliphatic carbocycles. The van der Waals surface area contributed by atoms with Gasteiger partial charge in [0.15, 0.2) is 0 Å². The smallest absolute Gasteiger partial charge is 0.146 e. The molecule has 1 N–H and O–H groups in total. The van der Waals surface area contributed by atoms with Gasteiger partial charge in [0.2, 0.25) is 0 Å². The quantitative estimate of drug-likeness (QED) is 0.834. The number of unbranched alkanes of at least 4 members (excludes halogenated alkanes) is 1. The first-order chi connectivity index (χ1) is 10.6. The van der Waals surface area contributed by atoms with Crippen LogP contribution in [0.3, 0.4) is 0 Å². The number of anilines is 1. The predicted octanol–water partition coefficient (Wildman–Crippen LogP) is 2.31. The highest BCUT2D eigenvalue weighted by Crippen LogP contribution is 2.20. The Bertz CT molecular complexity index is 458. The molecular weight excluding hydrogens is 279 g/mol. The third kappa shape index (κ3) is 4.93. The van der Waals surface area contributed by atoms with Gasteiger partial charge in [-0.05, 0) is 31.2 Å². The molecule has 1 heterocycles. The minimum absolute atomic E-state index is 0.137. The molecule has 124 valence electrons. The number of nitrogens with one attached hydrogen (secondary N) is 1. The number of nitrogens with zero attached hydrogens (tertiary/aromatic N) is 3. The lowest BCUT2D eigenvalue weighted by Crippen LogP contribution is -2.50. The van der Waals surface area contributed by atoms with Crippen LogP contribution < -0.4 is 10.3 Å². The molecule has 1 aromatic rings. The van der Waals surface area contributed by atoms with Crippen molar-refractivity contribution in [3.05, 3.63) is 29.6 Å². The van der Waals surface area contributed by atoms with Gasteiger partial charge >= 0.3 is 0 Å². The van der Waals surface area contributed by atoms with Crippen molar-refractivity contribution in [2.75, 3.05) is 51.7 Å². The summed E-state index contributed by atoms with van der Waals surface area (Å²) in [5, 5.41) is 2.25. The Kier molecular flexibility index (Phi) is 6.61. The van der Waals surface area contributed by atoms with E-state index in [4.69, 9.17) is 0 Å². The van der Waals surface area contributed by atoms with E-state index in [1.54, 1.807) is 6.07 Å². The monoisotopic (exact) mass is 308 g/mol. The second-order valence-corrected chi connectivity index (χ2v) is 6.19. The second-order valence-electron chi connectivity index (χ2n) is 6.19. The molecule has 1 saturated heterocycles. The Morgan fingerprint density at radius 3 is 2.64 bits per heavy atom. The zero-order chi connectivity index (χ0) is 15.9. The third-order valence-electron chi connectivity index (χ3n) is 4.28. The van der Waals surface area contributed by atoms with Gasteiger partial charge in [-0.2, -0.15) is 0 Å². The van der Waals surface area contributed by atoms with Crippen LogP contribution >= 0.6 is 0 Å². The Morgan fingerprint density at radius 2 is 1.95 bits per heavy atom. The number of rotatable bonds is 7. The van der Waals surface area contributed by atoms with Crippen LogP contribution in [0.1, 0.15) is 25.3 Å². The van der Waals surface area contributed by atoms with E-state index in [0.717, 1.165) is 57.7 Å². The summed E-state index contributed by atoms with van der Waals surface area (Å²) in [7, 11) is 4.11. The van der Waals surface area contributed by atoms with Gasteiger partial charge in [0, 0.05) is 46.3 Å². The summed E-state index contributed by atoms with van der Waals surface area (Å²) < 4.78 is 14.0. The maximum Gasteiger partial charge on any atom is 0.146 e. The molecule has 22 heavy (non-hydrogen) atoms. The second kappa shape index (κ2) is 8.46. The molecule has 0 unspecified atom stereocenters. The molecule has 0 atom stereocenters. The Morgan fingerprint density at radius 1 is 1.23 bits per heavy atom. The van der Waals surface area contributed by atoms with E-state index in [1.165, 1.54) is 0 Å². The van der Waals surface area contributed by atoms with Gasteiger partial charge in [0.1, 0.15) is 5.82 Å². The fourth-order valence-corrected chi connectivity index (χ4v) is 2.64. The number of benzene rings is 1. The number of halogens is 1. The number of hydrogen-bond acceptors (Lipinski definition) is 4. The Labute approximate surface area is 133 Å². The molecule has 0 amide bonds. The van der Waals surface area contributed by atoms with Crippen molar-refractivity contribution >= 4 is 5.69 Å². The number of hydrazine groups is 1. The molecule has 1 aliphatic rings. The van der Waals surface area contributed by atoms with Crippen LogP contribution in [0.4, 0.5) is 10.1 Å². The molecule has 0 bridgehead atoms. The third-order valence-corrected chi connectivity index (χ3v) is 4.28. The van der Waals surface area contributed by atoms with Gasteiger partial charge < -0.3 is 9.80 Å². The van der Waals surface area contributed by atoms with Gasteiger partial charge in [0.25, 0.3) is 0 Å². The average molecular weight is 308 g/mol. The van der Waals surface area contributed by atoms with E-state index in [0.29, 0.717) is 5.69 Å². The molecule has 0 saturated carbocycles. The van der Waals surface area contributed by atoms with Gasteiger partial charge in [-0.3, -0.25) is 5.43 Å². The fourth-order valence-electron chi connectivity index (χ4n) is 2.64. The van der Waals surface area contributed by atoms with Crippen molar-refractivity contribution in [2.24, 2.45) is 0 Å². The molecule has 1 aromatic carbocycles. The molecular formula is C17H29FN4. The van der Waals surface area contributed by atoms with Gasteiger partial charge in [-0.1, -0.05) is 19.4 Å². The molecule has 1 aliphatic heterocycles. The first-order valence-electron chi connectivity index (χ1n) is 8.26. The minimum atomic E-state index is -0.137. The van der Waals surface area contributed by atoms with Crippen molar-refractivity contribution in [1.82, 2.24) is 15.3 Å². The van der Waals surface area contributed by atoms with Crippen LogP contribution in [0.5, 0.6) is 0 Å². The van der Waals surface area contributed by atoms with E-state index in [1.807, 2.05) is 24.1 Å².